The SMILES string of the molecule is CCOC(=O)N1C2CC[C@H]1CC(N1CCC(N3C(=O)Cc4ccccc43)CC1)C2. The van der Waals surface area contributed by atoms with Crippen LogP contribution in [0.3, 0.4) is 0 Å². The smallest absolute Gasteiger partial charge is 0.410 e. The van der Waals surface area contributed by atoms with Crippen molar-refractivity contribution in [2.75, 3.05) is 24.6 Å². The third-order valence-corrected chi connectivity index (χ3v) is 7.43. The number of para-hydroxylation sites is 1. The van der Waals surface area contributed by atoms with Gasteiger partial charge >= 0.3 is 6.09 Å². The molecular formula is C23H31N3O3. The number of fused-ring (bicyclic) bond motifs is 3. The largest absolute Gasteiger partial charge is 0.450 e. The van der Waals surface area contributed by atoms with Gasteiger partial charge in [-0.3, -0.25) is 4.79 Å². The lowest BCUT2D eigenvalue weighted by atomic mass is 9.93. The second-order valence-corrected chi connectivity index (χ2v) is 8.95. The molecule has 0 radical (unpaired) electrons. The summed E-state index contributed by atoms with van der Waals surface area (Å²) in [6.07, 6.45) is 6.83. The van der Waals surface area contributed by atoms with Gasteiger partial charge < -0.3 is 19.4 Å². The average molecular weight is 398 g/mol. The van der Waals surface area contributed by atoms with Crippen LogP contribution in [0.25, 0.3) is 0 Å². The number of benzene rings is 1. The first-order valence-corrected chi connectivity index (χ1v) is 11.2. The van der Waals surface area contributed by atoms with Crippen molar-refractivity contribution in [2.45, 2.75) is 76.0 Å². The topological polar surface area (TPSA) is 53.1 Å². The summed E-state index contributed by atoms with van der Waals surface area (Å²) >= 11 is 0. The fraction of sp³-hybridized carbons (Fsp3) is 0.652. The average Bonchev–Trinajstić information content (AvgIpc) is 3.20. The van der Waals surface area contributed by atoms with E-state index in [2.05, 4.69) is 21.9 Å². The third-order valence-electron chi connectivity index (χ3n) is 7.43. The lowest BCUT2D eigenvalue weighted by Crippen LogP contribution is -2.55. The van der Waals surface area contributed by atoms with E-state index in [-0.39, 0.29) is 12.0 Å². The third kappa shape index (κ3) is 3.31. The Hall–Kier alpha value is -2.08. The van der Waals surface area contributed by atoms with Crippen LogP contribution in [0.15, 0.2) is 24.3 Å². The van der Waals surface area contributed by atoms with Crippen molar-refractivity contribution >= 4 is 17.7 Å². The summed E-state index contributed by atoms with van der Waals surface area (Å²) in [6, 6.07) is 9.77. The van der Waals surface area contributed by atoms with Gasteiger partial charge in [-0.15, -0.1) is 0 Å². The Morgan fingerprint density at radius 1 is 1.00 bits per heavy atom. The van der Waals surface area contributed by atoms with Crippen LogP contribution in [-0.4, -0.2) is 65.7 Å². The van der Waals surface area contributed by atoms with Gasteiger partial charge in [0.2, 0.25) is 5.91 Å². The number of hydrogen-bond acceptors (Lipinski definition) is 4. The molecule has 4 aliphatic rings. The number of carbonyl (C=O) groups is 2. The minimum Gasteiger partial charge on any atom is -0.450 e. The number of anilines is 1. The normalized spacial score (nSPS) is 30.0. The summed E-state index contributed by atoms with van der Waals surface area (Å²) in [4.78, 5) is 31.7. The van der Waals surface area contributed by atoms with Gasteiger partial charge in [0.25, 0.3) is 0 Å². The molecule has 4 aliphatic heterocycles. The van der Waals surface area contributed by atoms with E-state index in [4.69, 9.17) is 4.74 Å². The van der Waals surface area contributed by atoms with Gasteiger partial charge in [0.15, 0.2) is 0 Å². The molecule has 3 fully saturated rings. The lowest BCUT2D eigenvalue weighted by molar-refractivity contribution is -0.118. The van der Waals surface area contributed by atoms with Crippen LogP contribution in [0.2, 0.25) is 0 Å². The molecule has 5 rings (SSSR count). The van der Waals surface area contributed by atoms with Crippen molar-refractivity contribution in [3.8, 4) is 0 Å². The molecule has 0 aromatic heterocycles. The molecule has 2 bridgehead atoms. The number of carbonyl (C=O) groups excluding carboxylic acids is 2. The molecule has 4 heterocycles. The van der Waals surface area contributed by atoms with E-state index in [1.807, 2.05) is 24.0 Å². The monoisotopic (exact) mass is 397 g/mol. The standard InChI is InChI=1S/C23H31N3O3/c1-2-29-23(28)25-18-7-8-19(25)15-20(14-18)24-11-9-17(10-12-24)26-21-6-4-3-5-16(21)13-22(26)27/h3-6,17-20H,2,7-15H2,1H3/t18-,19?,20?/m0/s1. The first kappa shape index (κ1) is 18.9. The Morgan fingerprint density at radius 2 is 1.69 bits per heavy atom. The first-order valence-electron chi connectivity index (χ1n) is 11.2. The van der Waals surface area contributed by atoms with Gasteiger partial charge in [0, 0.05) is 42.9 Å². The highest BCUT2D eigenvalue weighted by Crippen LogP contribution is 2.39. The summed E-state index contributed by atoms with van der Waals surface area (Å²) < 4.78 is 5.29. The Balaban J connectivity index is 1.20. The van der Waals surface area contributed by atoms with Crippen LogP contribution >= 0.6 is 0 Å². The Morgan fingerprint density at radius 3 is 2.38 bits per heavy atom. The van der Waals surface area contributed by atoms with E-state index in [0.29, 0.717) is 37.2 Å². The summed E-state index contributed by atoms with van der Waals surface area (Å²) in [6.45, 7) is 4.41. The molecule has 6 nitrogen and oxygen atoms in total. The molecule has 0 spiro atoms. The predicted octanol–water partition coefficient (Wildman–Crippen LogP) is 3.19. The Bertz CT molecular complexity index is 775. The van der Waals surface area contributed by atoms with Crippen LogP contribution in [-0.2, 0) is 16.0 Å². The van der Waals surface area contributed by atoms with E-state index < -0.39 is 0 Å². The summed E-state index contributed by atoms with van der Waals surface area (Å²) in [5.41, 5.74) is 2.29. The molecule has 29 heavy (non-hydrogen) atoms. The van der Waals surface area contributed by atoms with Crippen molar-refractivity contribution in [1.82, 2.24) is 9.80 Å². The molecule has 1 aromatic carbocycles. The predicted molar refractivity (Wildman–Crippen MR) is 111 cm³/mol. The maximum atomic E-state index is 12.6. The molecule has 0 N–H and O–H groups in total. The molecular weight excluding hydrogens is 366 g/mol. The number of amides is 2. The van der Waals surface area contributed by atoms with Crippen molar-refractivity contribution < 1.29 is 14.3 Å². The first-order chi connectivity index (χ1) is 14.2. The zero-order chi connectivity index (χ0) is 20.0. The quantitative estimate of drug-likeness (QED) is 0.786. The number of nitrogens with zero attached hydrogens (tertiary/aromatic N) is 3. The van der Waals surface area contributed by atoms with Gasteiger partial charge in [-0.05, 0) is 57.1 Å². The molecule has 1 aromatic rings. The van der Waals surface area contributed by atoms with Crippen molar-refractivity contribution in [2.24, 2.45) is 0 Å². The van der Waals surface area contributed by atoms with Gasteiger partial charge in [-0.2, -0.15) is 0 Å². The van der Waals surface area contributed by atoms with Crippen LogP contribution < -0.4 is 4.90 Å². The van der Waals surface area contributed by atoms with Crippen molar-refractivity contribution in [3.05, 3.63) is 29.8 Å². The Labute approximate surface area is 172 Å². The molecule has 0 aliphatic carbocycles. The molecule has 2 amide bonds. The zero-order valence-electron chi connectivity index (χ0n) is 17.3. The highest BCUT2D eigenvalue weighted by Gasteiger charge is 2.46. The van der Waals surface area contributed by atoms with Crippen LogP contribution in [0.1, 0.15) is 51.0 Å². The van der Waals surface area contributed by atoms with Gasteiger partial charge in [0.05, 0.1) is 13.0 Å². The fourth-order valence-electron chi connectivity index (χ4n) is 6.13. The highest BCUT2D eigenvalue weighted by molar-refractivity contribution is 6.01. The molecule has 2 unspecified atom stereocenters. The van der Waals surface area contributed by atoms with E-state index in [9.17, 15) is 9.59 Å². The number of piperidine rings is 2. The Kier molecular flexibility index (Phi) is 4.98. The molecule has 6 heteroatoms. The highest BCUT2D eigenvalue weighted by atomic mass is 16.6. The maximum absolute atomic E-state index is 12.6. The van der Waals surface area contributed by atoms with E-state index in [0.717, 1.165) is 57.3 Å². The molecule has 156 valence electrons. The van der Waals surface area contributed by atoms with Crippen LogP contribution in [0.5, 0.6) is 0 Å². The van der Waals surface area contributed by atoms with E-state index >= 15 is 0 Å². The molecule has 3 atom stereocenters. The minimum absolute atomic E-state index is 0.122. The van der Waals surface area contributed by atoms with Crippen LogP contribution in [0.4, 0.5) is 10.5 Å². The van der Waals surface area contributed by atoms with Crippen LogP contribution in [0, 0.1) is 0 Å². The summed E-state index contributed by atoms with van der Waals surface area (Å²) in [5, 5.41) is 0. The lowest BCUT2D eigenvalue weighted by Gasteiger charge is -2.45. The van der Waals surface area contributed by atoms with Crippen molar-refractivity contribution in [3.63, 3.8) is 0 Å². The van der Waals surface area contributed by atoms with Gasteiger partial charge in [-0.1, -0.05) is 18.2 Å². The number of hydrogen-bond donors (Lipinski definition) is 0. The van der Waals surface area contributed by atoms with E-state index in [1.165, 1.54) is 5.56 Å². The number of ether oxygens (including phenoxy) is 1. The summed E-state index contributed by atoms with van der Waals surface area (Å²) in [7, 11) is 0. The van der Waals surface area contributed by atoms with Crippen molar-refractivity contribution in [1.29, 1.82) is 0 Å². The van der Waals surface area contributed by atoms with Gasteiger partial charge in [-0.25, -0.2) is 4.79 Å². The number of likely N-dealkylation sites (tertiary alicyclic amines) is 1. The molecule has 3 saturated heterocycles. The molecule has 0 saturated carbocycles. The zero-order valence-corrected chi connectivity index (χ0v) is 17.3. The minimum atomic E-state index is -0.122. The second-order valence-electron chi connectivity index (χ2n) is 8.95. The second kappa shape index (κ2) is 7.63. The maximum Gasteiger partial charge on any atom is 0.410 e. The van der Waals surface area contributed by atoms with Gasteiger partial charge in [0.1, 0.15) is 0 Å². The fourth-order valence-corrected chi connectivity index (χ4v) is 6.13. The number of rotatable bonds is 3. The van der Waals surface area contributed by atoms with E-state index in [1.54, 1.807) is 0 Å². The summed E-state index contributed by atoms with van der Waals surface area (Å²) in [5.74, 6) is 0.255.